The zero-order chi connectivity index (χ0) is 16.1. The molecule has 0 unspecified atom stereocenters. The van der Waals surface area contributed by atoms with Crippen LogP contribution in [-0.4, -0.2) is 27.7 Å². The summed E-state index contributed by atoms with van der Waals surface area (Å²) < 4.78 is 7.24. The molecular formula is C19H17N3O2. The van der Waals surface area contributed by atoms with E-state index in [2.05, 4.69) is 4.98 Å². The van der Waals surface area contributed by atoms with Crippen LogP contribution in [-0.2, 0) is 17.7 Å². The first-order valence-electron chi connectivity index (χ1n) is 8.27. The standard InChI is InChI=1S/C19H17N3O2/c23-18-14-5-4-13(15-3-1-2-8-20-15)9-16(14)21-17-6-7-19(10-22(17)18)11-24-12-19/h1-5,8-9H,6-7,10-12H2. The van der Waals surface area contributed by atoms with Crippen molar-refractivity contribution >= 4 is 10.9 Å². The van der Waals surface area contributed by atoms with Crippen LogP contribution in [0.25, 0.3) is 22.2 Å². The Hall–Kier alpha value is -2.53. The Kier molecular flexibility index (Phi) is 2.88. The van der Waals surface area contributed by atoms with Crippen LogP contribution in [0.15, 0.2) is 47.4 Å². The molecule has 120 valence electrons. The lowest BCUT2D eigenvalue weighted by atomic mass is 9.79. The van der Waals surface area contributed by atoms with E-state index in [9.17, 15) is 4.79 Å². The highest BCUT2D eigenvalue weighted by Crippen LogP contribution is 2.37. The number of fused-ring (bicyclic) bond motifs is 2. The largest absolute Gasteiger partial charge is 0.380 e. The summed E-state index contributed by atoms with van der Waals surface area (Å²) in [6, 6.07) is 11.6. The van der Waals surface area contributed by atoms with E-state index >= 15 is 0 Å². The van der Waals surface area contributed by atoms with E-state index in [0.29, 0.717) is 5.39 Å². The summed E-state index contributed by atoms with van der Waals surface area (Å²) in [5.41, 5.74) is 2.85. The smallest absolute Gasteiger partial charge is 0.261 e. The molecule has 24 heavy (non-hydrogen) atoms. The first-order chi connectivity index (χ1) is 11.7. The average Bonchev–Trinajstić information content (AvgIpc) is 2.61. The van der Waals surface area contributed by atoms with Crippen molar-refractivity contribution in [2.75, 3.05) is 13.2 Å². The number of pyridine rings is 1. The molecule has 1 saturated heterocycles. The maximum absolute atomic E-state index is 12.9. The van der Waals surface area contributed by atoms with Crippen molar-refractivity contribution < 1.29 is 4.74 Å². The molecule has 0 bridgehead atoms. The molecule has 3 aromatic rings. The molecule has 0 N–H and O–H groups in total. The van der Waals surface area contributed by atoms with Gasteiger partial charge in [0.05, 0.1) is 29.8 Å². The number of ether oxygens (including phenoxy) is 1. The Balaban J connectivity index is 1.65. The summed E-state index contributed by atoms with van der Waals surface area (Å²) >= 11 is 0. The summed E-state index contributed by atoms with van der Waals surface area (Å²) in [5, 5.41) is 0.677. The molecule has 2 aliphatic rings. The summed E-state index contributed by atoms with van der Waals surface area (Å²) in [7, 11) is 0. The van der Waals surface area contributed by atoms with Gasteiger partial charge in [0.25, 0.3) is 5.56 Å². The van der Waals surface area contributed by atoms with Crippen LogP contribution in [0.4, 0.5) is 0 Å². The normalized spacial score (nSPS) is 18.3. The predicted molar refractivity (Wildman–Crippen MR) is 90.8 cm³/mol. The number of benzene rings is 1. The molecule has 0 radical (unpaired) electrons. The second-order valence-electron chi connectivity index (χ2n) is 6.86. The van der Waals surface area contributed by atoms with E-state index in [4.69, 9.17) is 9.72 Å². The van der Waals surface area contributed by atoms with Crippen LogP contribution in [0.1, 0.15) is 12.2 Å². The first kappa shape index (κ1) is 13.9. The van der Waals surface area contributed by atoms with Crippen molar-refractivity contribution in [1.29, 1.82) is 0 Å². The molecule has 0 saturated carbocycles. The van der Waals surface area contributed by atoms with Crippen molar-refractivity contribution in [1.82, 2.24) is 14.5 Å². The van der Waals surface area contributed by atoms with E-state index < -0.39 is 0 Å². The molecule has 5 heteroatoms. The molecule has 5 rings (SSSR count). The van der Waals surface area contributed by atoms with Crippen LogP contribution in [0, 0.1) is 5.41 Å². The van der Waals surface area contributed by atoms with Crippen LogP contribution in [0.2, 0.25) is 0 Å². The maximum Gasteiger partial charge on any atom is 0.261 e. The van der Waals surface area contributed by atoms with Gasteiger partial charge in [-0.2, -0.15) is 0 Å². The average molecular weight is 319 g/mol. The number of nitrogens with zero attached hydrogens (tertiary/aromatic N) is 3. The minimum Gasteiger partial charge on any atom is -0.380 e. The summed E-state index contributed by atoms with van der Waals surface area (Å²) in [6.07, 6.45) is 3.65. The lowest BCUT2D eigenvalue weighted by Gasteiger charge is -2.44. The van der Waals surface area contributed by atoms with Crippen LogP contribution in [0.3, 0.4) is 0 Å². The molecule has 0 amide bonds. The maximum atomic E-state index is 12.9. The topological polar surface area (TPSA) is 57.0 Å². The van der Waals surface area contributed by atoms with Gasteiger partial charge in [0.1, 0.15) is 5.82 Å². The van der Waals surface area contributed by atoms with Crippen molar-refractivity contribution in [2.24, 2.45) is 5.41 Å². The summed E-state index contributed by atoms with van der Waals surface area (Å²) in [4.78, 5) is 22.1. The van der Waals surface area contributed by atoms with Crippen LogP contribution >= 0.6 is 0 Å². The highest BCUT2D eigenvalue weighted by Gasteiger charge is 2.42. The third kappa shape index (κ3) is 2.01. The van der Waals surface area contributed by atoms with Gasteiger partial charge >= 0.3 is 0 Å². The monoisotopic (exact) mass is 319 g/mol. The number of aromatic nitrogens is 3. The molecule has 2 aliphatic heterocycles. The molecule has 2 aromatic heterocycles. The van der Waals surface area contributed by atoms with Gasteiger partial charge in [0.2, 0.25) is 0 Å². The Labute approximate surface area is 138 Å². The fourth-order valence-corrected chi connectivity index (χ4v) is 3.73. The second kappa shape index (κ2) is 4.98. The highest BCUT2D eigenvalue weighted by molar-refractivity contribution is 5.83. The number of rotatable bonds is 1. The van der Waals surface area contributed by atoms with Gasteiger partial charge in [0, 0.05) is 30.1 Å². The Morgan fingerprint density at radius 2 is 2.08 bits per heavy atom. The Bertz CT molecular complexity index is 991. The van der Waals surface area contributed by atoms with E-state index in [-0.39, 0.29) is 11.0 Å². The molecule has 1 fully saturated rings. The quantitative estimate of drug-likeness (QED) is 0.691. The van der Waals surface area contributed by atoms with Crippen molar-refractivity contribution in [3.63, 3.8) is 0 Å². The molecule has 0 atom stereocenters. The number of aryl methyl sites for hydroxylation is 1. The predicted octanol–water partition coefficient (Wildman–Crippen LogP) is 2.42. The van der Waals surface area contributed by atoms with Gasteiger partial charge in [-0.3, -0.25) is 14.3 Å². The molecule has 5 nitrogen and oxygen atoms in total. The summed E-state index contributed by atoms with van der Waals surface area (Å²) in [6.45, 7) is 2.25. The molecule has 1 aromatic carbocycles. The lowest BCUT2D eigenvalue weighted by molar-refractivity contribution is -0.132. The second-order valence-corrected chi connectivity index (χ2v) is 6.86. The fourth-order valence-electron chi connectivity index (χ4n) is 3.73. The van der Waals surface area contributed by atoms with Gasteiger partial charge in [-0.1, -0.05) is 12.1 Å². The fraction of sp³-hybridized carbons (Fsp3) is 0.316. The zero-order valence-corrected chi connectivity index (χ0v) is 13.2. The molecule has 0 aliphatic carbocycles. The van der Waals surface area contributed by atoms with E-state index in [1.54, 1.807) is 6.20 Å². The Morgan fingerprint density at radius 1 is 1.17 bits per heavy atom. The van der Waals surface area contributed by atoms with E-state index in [1.165, 1.54) is 0 Å². The van der Waals surface area contributed by atoms with Gasteiger partial charge in [-0.25, -0.2) is 4.98 Å². The third-order valence-electron chi connectivity index (χ3n) is 5.18. The molecule has 4 heterocycles. The van der Waals surface area contributed by atoms with E-state index in [0.717, 1.165) is 55.2 Å². The van der Waals surface area contributed by atoms with Gasteiger partial charge in [-0.15, -0.1) is 0 Å². The lowest BCUT2D eigenvalue weighted by Crippen LogP contribution is -2.51. The highest BCUT2D eigenvalue weighted by atomic mass is 16.5. The first-order valence-corrected chi connectivity index (χ1v) is 8.27. The summed E-state index contributed by atoms with van der Waals surface area (Å²) in [5.74, 6) is 0.892. The van der Waals surface area contributed by atoms with Gasteiger partial charge in [-0.05, 0) is 30.7 Å². The molecular weight excluding hydrogens is 302 g/mol. The van der Waals surface area contributed by atoms with Gasteiger partial charge < -0.3 is 4.74 Å². The third-order valence-corrected chi connectivity index (χ3v) is 5.18. The van der Waals surface area contributed by atoms with Crippen molar-refractivity contribution in [3.05, 3.63) is 58.8 Å². The minimum atomic E-state index is 0.0635. The zero-order valence-electron chi connectivity index (χ0n) is 13.2. The van der Waals surface area contributed by atoms with Crippen molar-refractivity contribution in [3.8, 4) is 11.3 Å². The Morgan fingerprint density at radius 3 is 2.83 bits per heavy atom. The van der Waals surface area contributed by atoms with Crippen LogP contribution in [0.5, 0.6) is 0 Å². The SMILES string of the molecule is O=c1c2ccc(-c3ccccn3)cc2nc2n1CC1(CC2)COC1. The minimum absolute atomic E-state index is 0.0635. The van der Waals surface area contributed by atoms with Gasteiger partial charge in [0.15, 0.2) is 0 Å². The van der Waals surface area contributed by atoms with Crippen LogP contribution < -0.4 is 5.56 Å². The molecule has 1 spiro atoms. The van der Waals surface area contributed by atoms with E-state index in [1.807, 2.05) is 41.0 Å². The number of hydrogen-bond donors (Lipinski definition) is 0. The van der Waals surface area contributed by atoms with Crippen molar-refractivity contribution in [2.45, 2.75) is 19.4 Å². The number of hydrogen-bond acceptors (Lipinski definition) is 4.